The minimum Gasteiger partial charge on any atom is -0.481 e. The summed E-state index contributed by atoms with van der Waals surface area (Å²) in [6.07, 6.45) is 5.64. The van der Waals surface area contributed by atoms with Crippen LogP contribution in [0.15, 0.2) is 0 Å². The minimum absolute atomic E-state index is 0.169. The van der Waals surface area contributed by atoms with Crippen molar-refractivity contribution in [3.05, 3.63) is 0 Å². The Balaban J connectivity index is 1.92. The highest BCUT2D eigenvalue weighted by molar-refractivity contribution is 5.79. The zero-order chi connectivity index (χ0) is 14.6. The summed E-state index contributed by atoms with van der Waals surface area (Å²) < 4.78 is 0. The Morgan fingerprint density at radius 2 is 1.80 bits per heavy atom. The SMILES string of the molecule is CCC1(C(=O)O)CCCN(CC(=O)N2CCCCC2)C1. The molecule has 2 saturated heterocycles. The predicted octanol–water partition coefficient (Wildman–Crippen LogP) is 1.58. The molecular weight excluding hydrogens is 256 g/mol. The number of likely N-dealkylation sites (tertiary alicyclic amines) is 2. The van der Waals surface area contributed by atoms with Gasteiger partial charge in [-0.05, 0) is 45.1 Å². The molecule has 1 amide bonds. The zero-order valence-electron chi connectivity index (χ0n) is 12.4. The Labute approximate surface area is 120 Å². The molecule has 5 nitrogen and oxygen atoms in total. The van der Waals surface area contributed by atoms with Gasteiger partial charge in [0.1, 0.15) is 0 Å². The van der Waals surface area contributed by atoms with Gasteiger partial charge in [-0.3, -0.25) is 14.5 Å². The van der Waals surface area contributed by atoms with Crippen molar-refractivity contribution in [3.63, 3.8) is 0 Å². The van der Waals surface area contributed by atoms with Crippen LogP contribution in [-0.2, 0) is 9.59 Å². The summed E-state index contributed by atoms with van der Waals surface area (Å²) in [6.45, 7) is 5.40. The third kappa shape index (κ3) is 3.32. The van der Waals surface area contributed by atoms with Crippen LogP contribution < -0.4 is 0 Å². The molecule has 20 heavy (non-hydrogen) atoms. The second kappa shape index (κ2) is 6.57. The number of hydrogen-bond acceptors (Lipinski definition) is 3. The smallest absolute Gasteiger partial charge is 0.310 e. The van der Waals surface area contributed by atoms with E-state index in [-0.39, 0.29) is 5.91 Å². The van der Waals surface area contributed by atoms with Gasteiger partial charge in [-0.1, -0.05) is 6.92 Å². The lowest BCUT2D eigenvalue weighted by atomic mass is 9.77. The molecule has 0 radical (unpaired) electrons. The first-order valence-corrected chi connectivity index (χ1v) is 7.81. The maximum Gasteiger partial charge on any atom is 0.310 e. The molecule has 2 rings (SSSR count). The largest absolute Gasteiger partial charge is 0.481 e. The van der Waals surface area contributed by atoms with Gasteiger partial charge in [-0.2, -0.15) is 0 Å². The number of hydrogen-bond donors (Lipinski definition) is 1. The highest BCUT2D eigenvalue weighted by atomic mass is 16.4. The molecule has 114 valence electrons. The monoisotopic (exact) mass is 282 g/mol. The molecule has 0 spiro atoms. The van der Waals surface area contributed by atoms with E-state index in [1.807, 2.05) is 16.7 Å². The van der Waals surface area contributed by atoms with Crippen LogP contribution in [-0.4, -0.2) is 59.5 Å². The molecule has 0 saturated carbocycles. The molecule has 1 atom stereocenters. The number of aliphatic carboxylic acids is 1. The van der Waals surface area contributed by atoms with Gasteiger partial charge in [0.25, 0.3) is 0 Å². The summed E-state index contributed by atoms with van der Waals surface area (Å²) in [4.78, 5) is 27.8. The number of carbonyl (C=O) groups excluding carboxylic acids is 1. The van der Waals surface area contributed by atoms with Gasteiger partial charge >= 0.3 is 5.97 Å². The van der Waals surface area contributed by atoms with Crippen molar-refractivity contribution in [2.24, 2.45) is 5.41 Å². The summed E-state index contributed by atoms with van der Waals surface area (Å²) in [5.74, 6) is -0.544. The third-order valence-electron chi connectivity index (χ3n) is 4.85. The van der Waals surface area contributed by atoms with Gasteiger partial charge < -0.3 is 10.0 Å². The van der Waals surface area contributed by atoms with Crippen LogP contribution in [0, 0.1) is 5.41 Å². The quantitative estimate of drug-likeness (QED) is 0.850. The summed E-state index contributed by atoms with van der Waals surface area (Å²) in [5, 5.41) is 9.47. The van der Waals surface area contributed by atoms with Crippen molar-refractivity contribution in [1.29, 1.82) is 0 Å². The van der Waals surface area contributed by atoms with Crippen LogP contribution >= 0.6 is 0 Å². The lowest BCUT2D eigenvalue weighted by molar-refractivity contribution is -0.154. The number of rotatable bonds is 4. The van der Waals surface area contributed by atoms with Crippen LogP contribution in [0.4, 0.5) is 0 Å². The van der Waals surface area contributed by atoms with E-state index in [9.17, 15) is 14.7 Å². The topological polar surface area (TPSA) is 60.9 Å². The highest BCUT2D eigenvalue weighted by Gasteiger charge is 2.41. The van der Waals surface area contributed by atoms with Gasteiger partial charge in [0, 0.05) is 19.6 Å². The van der Waals surface area contributed by atoms with E-state index in [2.05, 4.69) is 0 Å². The number of carboxylic acid groups (broad SMARTS) is 1. The van der Waals surface area contributed by atoms with Crippen molar-refractivity contribution < 1.29 is 14.7 Å². The molecule has 2 fully saturated rings. The minimum atomic E-state index is -0.713. The van der Waals surface area contributed by atoms with Crippen molar-refractivity contribution in [2.75, 3.05) is 32.7 Å². The summed E-state index contributed by atoms with van der Waals surface area (Å²) in [7, 11) is 0. The van der Waals surface area contributed by atoms with Crippen molar-refractivity contribution >= 4 is 11.9 Å². The van der Waals surface area contributed by atoms with Crippen LogP contribution in [0.3, 0.4) is 0 Å². The molecule has 0 aliphatic carbocycles. The van der Waals surface area contributed by atoms with E-state index >= 15 is 0 Å². The maximum absolute atomic E-state index is 12.3. The van der Waals surface area contributed by atoms with Gasteiger partial charge in [-0.25, -0.2) is 0 Å². The van der Waals surface area contributed by atoms with Gasteiger partial charge in [0.2, 0.25) is 5.91 Å². The second-order valence-corrected chi connectivity index (χ2v) is 6.19. The number of amides is 1. The first-order chi connectivity index (χ1) is 9.57. The van der Waals surface area contributed by atoms with Crippen LogP contribution in [0.5, 0.6) is 0 Å². The number of nitrogens with zero attached hydrogens (tertiary/aromatic N) is 2. The number of carbonyl (C=O) groups is 2. The molecule has 1 unspecified atom stereocenters. The molecule has 5 heteroatoms. The van der Waals surface area contributed by atoms with Gasteiger partial charge in [-0.15, -0.1) is 0 Å². The van der Waals surface area contributed by atoms with Crippen LogP contribution in [0.2, 0.25) is 0 Å². The van der Waals surface area contributed by atoms with Gasteiger partial charge in [0.15, 0.2) is 0 Å². The Morgan fingerprint density at radius 3 is 2.40 bits per heavy atom. The summed E-state index contributed by atoms with van der Waals surface area (Å²) in [5.41, 5.74) is -0.652. The molecule has 0 aromatic heterocycles. The highest BCUT2D eigenvalue weighted by Crippen LogP contribution is 2.33. The van der Waals surface area contributed by atoms with Crippen molar-refractivity contribution in [3.8, 4) is 0 Å². The fourth-order valence-corrected chi connectivity index (χ4v) is 3.41. The third-order valence-corrected chi connectivity index (χ3v) is 4.85. The van der Waals surface area contributed by atoms with Crippen molar-refractivity contribution in [1.82, 2.24) is 9.80 Å². The Hall–Kier alpha value is -1.10. The number of carboxylic acids is 1. The zero-order valence-corrected chi connectivity index (χ0v) is 12.4. The molecular formula is C15H26N2O3. The molecule has 2 heterocycles. The molecule has 1 N–H and O–H groups in total. The van der Waals surface area contributed by atoms with E-state index in [1.165, 1.54) is 6.42 Å². The van der Waals surface area contributed by atoms with E-state index in [1.54, 1.807) is 0 Å². The van der Waals surface area contributed by atoms with E-state index in [0.717, 1.165) is 45.3 Å². The first-order valence-electron chi connectivity index (χ1n) is 7.81. The second-order valence-electron chi connectivity index (χ2n) is 6.19. The maximum atomic E-state index is 12.3. The summed E-state index contributed by atoms with van der Waals surface area (Å²) in [6, 6.07) is 0. The number of piperidine rings is 2. The Morgan fingerprint density at radius 1 is 1.10 bits per heavy atom. The van der Waals surface area contributed by atoms with E-state index in [0.29, 0.717) is 19.5 Å². The van der Waals surface area contributed by atoms with Gasteiger partial charge in [0.05, 0.1) is 12.0 Å². The molecule has 0 aromatic carbocycles. The van der Waals surface area contributed by atoms with Crippen molar-refractivity contribution in [2.45, 2.75) is 45.4 Å². The summed E-state index contributed by atoms with van der Waals surface area (Å²) >= 11 is 0. The lowest BCUT2D eigenvalue weighted by Gasteiger charge is -2.40. The average Bonchev–Trinajstić information content (AvgIpc) is 2.48. The molecule has 0 bridgehead atoms. The Kier molecular flexibility index (Phi) is 5.02. The lowest BCUT2D eigenvalue weighted by Crippen LogP contribution is -2.51. The molecule has 2 aliphatic heterocycles. The predicted molar refractivity (Wildman–Crippen MR) is 76.5 cm³/mol. The van der Waals surface area contributed by atoms with Crippen LogP contribution in [0.1, 0.15) is 45.4 Å². The van der Waals surface area contributed by atoms with E-state index < -0.39 is 11.4 Å². The normalized spacial score (nSPS) is 28.4. The Bertz CT molecular complexity index is 366. The fraction of sp³-hybridized carbons (Fsp3) is 0.867. The molecule has 0 aromatic rings. The van der Waals surface area contributed by atoms with Crippen LogP contribution in [0.25, 0.3) is 0 Å². The standard InChI is InChI=1S/C15H26N2O3/c1-2-15(14(19)20)7-6-8-16(12-15)11-13(18)17-9-4-3-5-10-17/h2-12H2,1H3,(H,19,20). The fourth-order valence-electron chi connectivity index (χ4n) is 3.41. The first kappa shape index (κ1) is 15.3. The molecule has 2 aliphatic rings. The van der Waals surface area contributed by atoms with E-state index in [4.69, 9.17) is 0 Å². The average molecular weight is 282 g/mol.